The molecule has 0 fully saturated rings. The van der Waals surface area contributed by atoms with Gasteiger partial charge >= 0.3 is 0 Å². The quantitative estimate of drug-likeness (QED) is 0.265. The van der Waals surface area contributed by atoms with Gasteiger partial charge in [-0.2, -0.15) is 0 Å². The molecule has 1 aliphatic rings. The third-order valence-electron chi connectivity index (χ3n) is 7.37. The number of amides is 1. The standard InChI is InChI=1S/C32H30N4O4/c1-35-19-22(24-10-6-8-12-27(24)35)15-26-32(37)36(14-13-20-18-33-25-11-7-5-9-23(20)25)31(34-26)21-16-28(38-2)30(40-4)29(17-21)39-3/h5-12,15-19,33H,13-14H2,1-4H3. The summed E-state index contributed by atoms with van der Waals surface area (Å²) in [4.78, 5) is 23.9. The van der Waals surface area contributed by atoms with E-state index in [0.29, 0.717) is 47.3 Å². The van der Waals surface area contributed by atoms with E-state index in [0.717, 1.165) is 32.9 Å². The molecule has 3 heterocycles. The summed E-state index contributed by atoms with van der Waals surface area (Å²) in [6.45, 7) is 0.447. The zero-order chi connectivity index (χ0) is 27.8. The Balaban J connectivity index is 1.44. The fraction of sp³-hybridized carbons (Fsp3) is 0.188. The van der Waals surface area contributed by atoms with E-state index in [-0.39, 0.29) is 5.91 Å². The number of ether oxygens (including phenoxy) is 3. The van der Waals surface area contributed by atoms with Crippen molar-refractivity contribution < 1.29 is 19.0 Å². The van der Waals surface area contributed by atoms with Crippen LogP contribution < -0.4 is 14.2 Å². The Morgan fingerprint density at radius 2 is 1.62 bits per heavy atom. The first-order chi connectivity index (χ1) is 19.5. The van der Waals surface area contributed by atoms with Crippen molar-refractivity contribution in [3.8, 4) is 17.2 Å². The van der Waals surface area contributed by atoms with E-state index >= 15 is 0 Å². The first-order valence-electron chi connectivity index (χ1n) is 13.0. The number of aryl methyl sites for hydroxylation is 1. The molecule has 40 heavy (non-hydrogen) atoms. The van der Waals surface area contributed by atoms with Crippen LogP contribution in [0.5, 0.6) is 17.2 Å². The summed E-state index contributed by atoms with van der Waals surface area (Å²) in [5.41, 5.74) is 5.30. The fourth-order valence-corrected chi connectivity index (χ4v) is 5.39. The molecule has 5 aromatic rings. The van der Waals surface area contributed by atoms with Crippen LogP contribution in [0, 0.1) is 0 Å². The summed E-state index contributed by atoms with van der Waals surface area (Å²) < 4.78 is 18.8. The summed E-state index contributed by atoms with van der Waals surface area (Å²) in [7, 11) is 6.71. The number of methoxy groups -OCH3 is 3. The van der Waals surface area contributed by atoms with Gasteiger partial charge in [0.05, 0.1) is 21.3 Å². The van der Waals surface area contributed by atoms with E-state index in [2.05, 4.69) is 27.8 Å². The van der Waals surface area contributed by atoms with Crippen LogP contribution in [-0.4, -0.2) is 54.1 Å². The fourth-order valence-electron chi connectivity index (χ4n) is 5.39. The van der Waals surface area contributed by atoms with Crippen molar-refractivity contribution in [2.75, 3.05) is 27.9 Å². The number of para-hydroxylation sites is 2. The number of aromatic nitrogens is 2. The second-order valence-corrected chi connectivity index (χ2v) is 9.66. The number of hydrogen-bond donors (Lipinski definition) is 1. The minimum atomic E-state index is -0.156. The van der Waals surface area contributed by atoms with Crippen LogP contribution in [0.4, 0.5) is 0 Å². The molecule has 0 bridgehead atoms. The van der Waals surface area contributed by atoms with Crippen molar-refractivity contribution in [2.45, 2.75) is 6.42 Å². The number of nitrogens with one attached hydrogen (secondary N) is 1. The second-order valence-electron chi connectivity index (χ2n) is 9.66. The molecule has 0 saturated carbocycles. The van der Waals surface area contributed by atoms with Gasteiger partial charge in [-0.15, -0.1) is 0 Å². The van der Waals surface area contributed by atoms with Crippen LogP contribution in [0.3, 0.4) is 0 Å². The first kappa shape index (κ1) is 25.3. The maximum Gasteiger partial charge on any atom is 0.278 e. The van der Waals surface area contributed by atoms with Gasteiger partial charge in [0.2, 0.25) is 5.75 Å². The van der Waals surface area contributed by atoms with Crippen LogP contribution >= 0.6 is 0 Å². The Bertz CT molecular complexity index is 1790. The lowest BCUT2D eigenvalue weighted by molar-refractivity contribution is -0.122. The maximum atomic E-state index is 13.9. The van der Waals surface area contributed by atoms with Gasteiger partial charge in [0.15, 0.2) is 11.5 Å². The molecule has 0 atom stereocenters. The molecule has 6 rings (SSSR count). The number of carbonyl (C=O) groups excluding carboxylic acids is 1. The van der Waals surface area contributed by atoms with Gasteiger partial charge in [-0.05, 0) is 42.3 Å². The van der Waals surface area contributed by atoms with Gasteiger partial charge in [0.25, 0.3) is 5.91 Å². The SMILES string of the molecule is COc1cc(C2=NC(=Cc3cn(C)c4ccccc34)C(=O)N2CCc2c[nH]c3ccccc23)cc(OC)c1OC. The average molecular weight is 535 g/mol. The maximum absolute atomic E-state index is 13.9. The van der Waals surface area contributed by atoms with Crippen molar-refractivity contribution in [1.82, 2.24) is 14.5 Å². The van der Waals surface area contributed by atoms with Crippen molar-refractivity contribution >= 4 is 39.6 Å². The minimum absolute atomic E-state index is 0.156. The molecule has 8 nitrogen and oxygen atoms in total. The zero-order valence-electron chi connectivity index (χ0n) is 22.9. The number of carbonyl (C=O) groups is 1. The number of aliphatic imine (C=N–C) groups is 1. The summed E-state index contributed by atoms with van der Waals surface area (Å²) in [5.74, 6) is 1.85. The van der Waals surface area contributed by atoms with E-state index in [1.165, 1.54) is 0 Å². The van der Waals surface area contributed by atoms with Gasteiger partial charge in [0.1, 0.15) is 11.5 Å². The second kappa shape index (κ2) is 10.3. The average Bonchev–Trinajstić information content (AvgIpc) is 3.64. The largest absolute Gasteiger partial charge is 0.493 e. The number of fused-ring (bicyclic) bond motifs is 2. The molecule has 0 unspecified atom stereocenters. The van der Waals surface area contributed by atoms with Crippen molar-refractivity contribution in [3.05, 3.63) is 95.4 Å². The molecule has 0 spiro atoms. The molecule has 8 heteroatoms. The Labute approximate surface area is 232 Å². The Morgan fingerprint density at radius 1 is 0.925 bits per heavy atom. The highest BCUT2D eigenvalue weighted by Crippen LogP contribution is 2.39. The van der Waals surface area contributed by atoms with E-state index in [1.54, 1.807) is 26.2 Å². The normalized spacial score (nSPS) is 14.4. The lowest BCUT2D eigenvalue weighted by atomic mass is 10.1. The molecule has 2 aromatic heterocycles. The summed E-state index contributed by atoms with van der Waals surface area (Å²) in [6, 6.07) is 19.9. The minimum Gasteiger partial charge on any atom is -0.493 e. The summed E-state index contributed by atoms with van der Waals surface area (Å²) >= 11 is 0. The summed E-state index contributed by atoms with van der Waals surface area (Å²) in [5, 5.41) is 2.21. The molecule has 0 radical (unpaired) electrons. The van der Waals surface area contributed by atoms with Gasteiger partial charge < -0.3 is 23.8 Å². The van der Waals surface area contributed by atoms with Crippen molar-refractivity contribution in [2.24, 2.45) is 12.0 Å². The van der Waals surface area contributed by atoms with Crippen LogP contribution in [-0.2, 0) is 18.3 Å². The molecule has 1 aliphatic heterocycles. The van der Waals surface area contributed by atoms with Crippen molar-refractivity contribution in [1.29, 1.82) is 0 Å². The number of rotatable bonds is 8. The summed E-state index contributed by atoms with van der Waals surface area (Å²) in [6.07, 6.45) is 6.55. The van der Waals surface area contributed by atoms with E-state index in [1.807, 2.05) is 68.0 Å². The van der Waals surface area contributed by atoms with Crippen LogP contribution in [0.15, 0.2) is 83.7 Å². The lowest BCUT2D eigenvalue weighted by Crippen LogP contribution is -2.34. The van der Waals surface area contributed by atoms with Gasteiger partial charge in [-0.1, -0.05) is 36.4 Å². The van der Waals surface area contributed by atoms with Gasteiger partial charge in [-0.25, -0.2) is 4.99 Å². The van der Waals surface area contributed by atoms with Gasteiger partial charge in [0, 0.05) is 58.9 Å². The lowest BCUT2D eigenvalue weighted by Gasteiger charge is -2.20. The number of amidine groups is 1. The first-order valence-corrected chi connectivity index (χ1v) is 13.0. The smallest absolute Gasteiger partial charge is 0.278 e. The highest BCUT2D eigenvalue weighted by atomic mass is 16.5. The zero-order valence-corrected chi connectivity index (χ0v) is 22.9. The Hall–Kier alpha value is -4.98. The number of hydrogen-bond acceptors (Lipinski definition) is 5. The van der Waals surface area contributed by atoms with E-state index in [9.17, 15) is 4.79 Å². The third-order valence-corrected chi connectivity index (χ3v) is 7.37. The third kappa shape index (κ3) is 4.27. The molecule has 1 N–H and O–H groups in total. The predicted octanol–water partition coefficient (Wildman–Crippen LogP) is 5.56. The monoisotopic (exact) mass is 534 g/mol. The number of H-pyrrole nitrogens is 1. The van der Waals surface area contributed by atoms with Crippen LogP contribution in [0.25, 0.3) is 27.9 Å². The molecule has 1 amide bonds. The molecule has 202 valence electrons. The van der Waals surface area contributed by atoms with Gasteiger partial charge in [-0.3, -0.25) is 9.69 Å². The Kier molecular flexibility index (Phi) is 6.51. The molecular formula is C32H30N4O4. The van der Waals surface area contributed by atoms with Crippen LogP contribution in [0.2, 0.25) is 0 Å². The number of aromatic amines is 1. The molecule has 0 aliphatic carbocycles. The molecular weight excluding hydrogens is 504 g/mol. The number of benzene rings is 3. The molecule has 0 saturated heterocycles. The molecule has 3 aromatic carbocycles. The topological polar surface area (TPSA) is 81.1 Å². The predicted molar refractivity (Wildman–Crippen MR) is 157 cm³/mol. The van der Waals surface area contributed by atoms with E-state index < -0.39 is 0 Å². The van der Waals surface area contributed by atoms with E-state index in [4.69, 9.17) is 19.2 Å². The Morgan fingerprint density at radius 3 is 2.35 bits per heavy atom. The highest BCUT2D eigenvalue weighted by molar-refractivity contribution is 6.20. The van der Waals surface area contributed by atoms with Crippen molar-refractivity contribution in [3.63, 3.8) is 0 Å². The number of nitrogens with zero attached hydrogens (tertiary/aromatic N) is 3. The van der Waals surface area contributed by atoms with Crippen LogP contribution in [0.1, 0.15) is 16.7 Å². The highest BCUT2D eigenvalue weighted by Gasteiger charge is 2.32.